The lowest BCUT2D eigenvalue weighted by molar-refractivity contribution is -0.138. The van der Waals surface area contributed by atoms with E-state index in [1.807, 2.05) is 0 Å². The molecule has 0 atom stereocenters. The molecule has 176 valence electrons. The molecule has 34 heavy (non-hydrogen) atoms. The zero-order valence-electron chi connectivity index (χ0n) is 18.5. The normalized spacial score (nSPS) is 11.6. The third-order valence-corrected chi connectivity index (χ3v) is 5.14. The Balaban J connectivity index is 1.56. The first-order chi connectivity index (χ1) is 16.0. The summed E-state index contributed by atoms with van der Waals surface area (Å²) in [4.78, 5) is 16.6. The van der Waals surface area contributed by atoms with Gasteiger partial charge in [0.1, 0.15) is 11.6 Å². The maximum absolute atomic E-state index is 13.8. The number of amides is 1. The van der Waals surface area contributed by atoms with Crippen molar-refractivity contribution in [2.24, 2.45) is 0 Å². The fourth-order valence-corrected chi connectivity index (χ4v) is 3.57. The first-order valence-electron chi connectivity index (χ1n) is 10.2. The summed E-state index contributed by atoms with van der Waals surface area (Å²) < 4.78 is 57.3. The van der Waals surface area contributed by atoms with Crippen molar-refractivity contribution in [3.8, 4) is 11.4 Å². The summed E-state index contributed by atoms with van der Waals surface area (Å²) in [6.45, 7) is 4.73. The van der Waals surface area contributed by atoms with Gasteiger partial charge >= 0.3 is 6.18 Å². The standard InChI is InChI=1S/C23H20F4N6O/c1-13-10-14(2)32(30-13)19-7-4-16(20(11-19)23(25,26)27)12-28-22(34)21-29-15(3)33(31-21)18-8-5-17(24)6-9-18/h4-11H,12H2,1-3H3,(H,28,34). The lowest BCUT2D eigenvalue weighted by atomic mass is 10.1. The molecule has 0 fully saturated rings. The number of benzene rings is 2. The van der Waals surface area contributed by atoms with Gasteiger partial charge in [0.2, 0.25) is 5.82 Å². The van der Waals surface area contributed by atoms with E-state index in [4.69, 9.17) is 0 Å². The van der Waals surface area contributed by atoms with Crippen LogP contribution in [0.3, 0.4) is 0 Å². The molecule has 0 aliphatic rings. The lowest BCUT2D eigenvalue weighted by Gasteiger charge is -2.15. The van der Waals surface area contributed by atoms with Gasteiger partial charge in [-0.25, -0.2) is 18.7 Å². The molecular formula is C23H20F4N6O. The number of aromatic nitrogens is 5. The molecule has 0 unspecified atom stereocenters. The van der Waals surface area contributed by atoms with Gasteiger partial charge in [-0.05, 0) is 68.8 Å². The molecule has 2 aromatic heterocycles. The Labute approximate surface area is 192 Å². The van der Waals surface area contributed by atoms with Gasteiger partial charge in [0.05, 0.1) is 22.6 Å². The van der Waals surface area contributed by atoms with E-state index >= 15 is 0 Å². The van der Waals surface area contributed by atoms with Gasteiger partial charge in [0, 0.05) is 12.2 Å². The summed E-state index contributed by atoms with van der Waals surface area (Å²) in [7, 11) is 0. The van der Waals surface area contributed by atoms with Gasteiger partial charge in [-0.3, -0.25) is 4.79 Å². The van der Waals surface area contributed by atoms with Crippen molar-refractivity contribution in [1.29, 1.82) is 0 Å². The van der Waals surface area contributed by atoms with Gasteiger partial charge in [-0.15, -0.1) is 5.10 Å². The highest BCUT2D eigenvalue weighted by Crippen LogP contribution is 2.33. The Kier molecular flexibility index (Phi) is 5.94. The maximum Gasteiger partial charge on any atom is 0.416 e. The Morgan fingerprint density at radius 2 is 1.62 bits per heavy atom. The number of aryl methyl sites for hydroxylation is 3. The fraction of sp³-hybridized carbons (Fsp3) is 0.217. The van der Waals surface area contributed by atoms with E-state index in [0.29, 0.717) is 22.9 Å². The highest BCUT2D eigenvalue weighted by atomic mass is 19.4. The van der Waals surface area contributed by atoms with Crippen molar-refractivity contribution in [2.45, 2.75) is 33.5 Å². The van der Waals surface area contributed by atoms with Crippen LogP contribution in [0.1, 0.15) is 39.0 Å². The second-order valence-electron chi connectivity index (χ2n) is 7.73. The molecule has 2 heterocycles. The van der Waals surface area contributed by atoms with Crippen molar-refractivity contribution in [2.75, 3.05) is 0 Å². The molecule has 0 saturated heterocycles. The van der Waals surface area contributed by atoms with E-state index in [9.17, 15) is 22.4 Å². The topological polar surface area (TPSA) is 77.6 Å². The molecule has 0 aliphatic carbocycles. The second kappa shape index (κ2) is 8.73. The number of nitrogens with one attached hydrogen (secondary N) is 1. The molecule has 0 spiro atoms. The third-order valence-electron chi connectivity index (χ3n) is 5.14. The number of nitrogens with zero attached hydrogens (tertiary/aromatic N) is 5. The van der Waals surface area contributed by atoms with Crippen LogP contribution >= 0.6 is 0 Å². The Morgan fingerprint density at radius 1 is 0.941 bits per heavy atom. The van der Waals surface area contributed by atoms with Crippen LogP contribution in [-0.4, -0.2) is 30.5 Å². The first kappa shape index (κ1) is 23.1. The smallest absolute Gasteiger partial charge is 0.345 e. The summed E-state index contributed by atoms with van der Waals surface area (Å²) in [5.74, 6) is -1.01. The molecule has 1 amide bonds. The van der Waals surface area contributed by atoms with E-state index in [0.717, 1.165) is 6.07 Å². The van der Waals surface area contributed by atoms with Crippen LogP contribution in [0.2, 0.25) is 0 Å². The van der Waals surface area contributed by atoms with E-state index < -0.39 is 23.5 Å². The van der Waals surface area contributed by atoms with Crippen LogP contribution in [0.25, 0.3) is 11.4 Å². The highest BCUT2D eigenvalue weighted by molar-refractivity contribution is 5.90. The molecule has 11 heteroatoms. The average molecular weight is 472 g/mol. The van der Waals surface area contributed by atoms with Crippen molar-refractivity contribution in [3.05, 3.63) is 88.5 Å². The lowest BCUT2D eigenvalue weighted by Crippen LogP contribution is -2.26. The molecular weight excluding hydrogens is 452 g/mol. The number of rotatable bonds is 5. The minimum Gasteiger partial charge on any atom is -0.345 e. The summed E-state index contributed by atoms with van der Waals surface area (Å²) in [5, 5.41) is 10.8. The molecule has 0 bridgehead atoms. The largest absolute Gasteiger partial charge is 0.416 e. The summed E-state index contributed by atoms with van der Waals surface area (Å²) >= 11 is 0. The SMILES string of the molecule is Cc1cc(C)n(-c2ccc(CNC(=O)c3nc(C)n(-c4ccc(F)cc4)n3)c(C(F)(F)F)c2)n1. The molecule has 2 aromatic carbocycles. The predicted octanol–water partition coefficient (Wildman–Crippen LogP) is 4.47. The van der Waals surface area contributed by atoms with Gasteiger partial charge < -0.3 is 5.32 Å². The monoisotopic (exact) mass is 472 g/mol. The first-order valence-corrected chi connectivity index (χ1v) is 10.2. The third kappa shape index (κ3) is 4.68. The zero-order valence-corrected chi connectivity index (χ0v) is 18.5. The van der Waals surface area contributed by atoms with Crippen molar-refractivity contribution >= 4 is 5.91 Å². The molecule has 0 radical (unpaired) electrons. The van der Waals surface area contributed by atoms with Gasteiger partial charge in [0.15, 0.2) is 0 Å². The van der Waals surface area contributed by atoms with Crippen molar-refractivity contribution in [3.63, 3.8) is 0 Å². The van der Waals surface area contributed by atoms with Crippen LogP contribution in [0.5, 0.6) is 0 Å². The molecule has 7 nitrogen and oxygen atoms in total. The number of carbonyl (C=O) groups is 1. The van der Waals surface area contributed by atoms with Crippen LogP contribution in [0.4, 0.5) is 17.6 Å². The molecule has 4 aromatic rings. The number of halogens is 4. The van der Waals surface area contributed by atoms with Gasteiger partial charge in [0.25, 0.3) is 5.91 Å². The van der Waals surface area contributed by atoms with Crippen LogP contribution in [-0.2, 0) is 12.7 Å². The quantitative estimate of drug-likeness (QED) is 0.435. The number of carbonyl (C=O) groups excluding carboxylic acids is 1. The molecule has 0 aliphatic heterocycles. The zero-order chi connectivity index (χ0) is 24.6. The van der Waals surface area contributed by atoms with E-state index in [2.05, 4.69) is 20.5 Å². The van der Waals surface area contributed by atoms with Crippen molar-refractivity contribution < 1.29 is 22.4 Å². The maximum atomic E-state index is 13.8. The van der Waals surface area contributed by atoms with Crippen LogP contribution in [0, 0.1) is 26.6 Å². The summed E-state index contributed by atoms with van der Waals surface area (Å²) in [5.41, 5.74) is 1.16. The molecule has 4 rings (SSSR count). The van der Waals surface area contributed by atoms with Crippen LogP contribution < -0.4 is 5.32 Å². The van der Waals surface area contributed by atoms with Gasteiger partial charge in [-0.1, -0.05) is 6.07 Å². The van der Waals surface area contributed by atoms with Crippen molar-refractivity contribution in [1.82, 2.24) is 29.9 Å². The fourth-order valence-electron chi connectivity index (χ4n) is 3.57. The van der Waals surface area contributed by atoms with E-state index in [-0.39, 0.29) is 23.6 Å². The highest BCUT2D eigenvalue weighted by Gasteiger charge is 2.34. The Morgan fingerprint density at radius 3 is 2.24 bits per heavy atom. The number of hydrogen-bond acceptors (Lipinski definition) is 4. The van der Waals surface area contributed by atoms with Crippen LogP contribution in [0.15, 0.2) is 48.5 Å². The summed E-state index contributed by atoms with van der Waals surface area (Å²) in [6.07, 6.45) is -4.63. The molecule has 0 saturated carbocycles. The number of alkyl halides is 3. The second-order valence-corrected chi connectivity index (χ2v) is 7.73. The number of hydrogen-bond donors (Lipinski definition) is 1. The van der Waals surface area contributed by atoms with E-state index in [1.54, 1.807) is 26.8 Å². The predicted molar refractivity (Wildman–Crippen MR) is 115 cm³/mol. The minimum absolute atomic E-state index is 0.110. The minimum atomic E-state index is -4.63. The van der Waals surface area contributed by atoms with E-state index in [1.165, 1.54) is 45.8 Å². The van der Waals surface area contributed by atoms with Gasteiger partial charge in [-0.2, -0.15) is 18.3 Å². The average Bonchev–Trinajstić information content (AvgIpc) is 3.33. The summed E-state index contributed by atoms with van der Waals surface area (Å²) in [6, 6.07) is 11.0. The molecule has 1 N–H and O–H groups in total. The Hall–Kier alpha value is -4.02. The Bertz CT molecular complexity index is 1360.